The van der Waals surface area contributed by atoms with Gasteiger partial charge in [-0.1, -0.05) is 0 Å². The molecule has 2 aliphatic rings. The highest BCUT2D eigenvalue weighted by molar-refractivity contribution is 5.83. The van der Waals surface area contributed by atoms with Gasteiger partial charge in [0.15, 0.2) is 5.78 Å². The molecule has 1 atom stereocenters. The lowest BCUT2D eigenvalue weighted by Gasteiger charge is -2.53. The van der Waals surface area contributed by atoms with Crippen LogP contribution in [0, 0.1) is 0 Å². The summed E-state index contributed by atoms with van der Waals surface area (Å²) in [5.41, 5.74) is -0.939. The van der Waals surface area contributed by atoms with Crippen molar-refractivity contribution < 1.29 is 19.1 Å². The van der Waals surface area contributed by atoms with Crippen LogP contribution < -0.4 is 0 Å². The molecule has 2 saturated heterocycles. The lowest BCUT2D eigenvalue weighted by Crippen LogP contribution is -2.67. The number of carbonyl (C=O) groups excluding carboxylic acids is 2. The molecule has 0 aromatic carbocycles. The standard InChI is InChI=1S/C12H19NO4/c1-11(2,3)17-10(15)13-5-4-12(13)6-9(14)7-16-8-12/h4-8H2,1-3H3. The van der Waals surface area contributed by atoms with Gasteiger partial charge in [-0.3, -0.25) is 9.69 Å². The largest absolute Gasteiger partial charge is 0.444 e. The average molecular weight is 241 g/mol. The third kappa shape index (κ3) is 2.44. The van der Waals surface area contributed by atoms with E-state index in [1.165, 1.54) is 0 Å². The highest BCUT2D eigenvalue weighted by atomic mass is 16.6. The van der Waals surface area contributed by atoms with Gasteiger partial charge in [0.25, 0.3) is 0 Å². The molecule has 0 aromatic heterocycles. The Bertz CT molecular complexity index is 347. The second kappa shape index (κ2) is 3.98. The van der Waals surface area contributed by atoms with Gasteiger partial charge < -0.3 is 9.47 Å². The van der Waals surface area contributed by atoms with Crippen LogP contribution in [0.15, 0.2) is 0 Å². The van der Waals surface area contributed by atoms with Crippen LogP contribution in [-0.2, 0) is 14.3 Å². The number of ether oxygens (including phenoxy) is 2. The Morgan fingerprint density at radius 3 is 2.65 bits per heavy atom. The second-order valence-electron chi connectivity index (χ2n) is 5.81. The molecule has 0 bridgehead atoms. The number of amides is 1. The number of carbonyl (C=O) groups is 2. The predicted octanol–water partition coefficient (Wildman–Crippen LogP) is 1.36. The third-order valence-corrected chi connectivity index (χ3v) is 3.15. The van der Waals surface area contributed by atoms with E-state index < -0.39 is 11.1 Å². The van der Waals surface area contributed by atoms with Crippen LogP contribution in [0.25, 0.3) is 0 Å². The normalized spacial score (nSPS) is 29.1. The van der Waals surface area contributed by atoms with E-state index in [2.05, 4.69) is 0 Å². The summed E-state index contributed by atoms with van der Waals surface area (Å²) in [5, 5.41) is 0. The van der Waals surface area contributed by atoms with Crippen molar-refractivity contribution in [1.82, 2.24) is 4.90 Å². The van der Waals surface area contributed by atoms with E-state index in [4.69, 9.17) is 9.47 Å². The lowest BCUT2D eigenvalue weighted by molar-refractivity contribution is -0.147. The van der Waals surface area contributed by atoms with Crippen molar-refractivity contribution in [2.24, 2.45) is 0 Å². The maximum atomic E-state index is 12.0. The highest BCUT2D eigenvalue weighted by Gasteiger charge is 2.51. The topological polar surface area (TPSA) is 55.8 Å². The zero-order chi connectivity index (χ0) is 12.7. The Balaban J connectivity index is 2.02. The Hall–Kier alpha value is -1.10. The van der Waals surface area contributed by atoms with Crippen LogP contribution in [0.5, 0.6) is 0 Å². The molecule has 17 heavy (non-hydrogen) atoms. The van der Waals surface area contributed by atoms with Gasteiger partial charge in [-0.15, -0.1) is 0 Å². The molecule has 2 heterocycles. The highest BCUT2D eigenvalue weighted by Crippen LogP contribution is 2.37. The molecule has 1 amide bonds. The van der Waals surface area contributed by atoms with E-state index >= 15 is 0 Å². The van der Waals surface area contributed by atoms with Gasteiger partial charge in [0.1, 0.15) is 12.2 Å². The monoisotopic (exact) mass is 241 g/mol. The molecule has 0 radical (unpaired) electrons. The SMILES string of the molecule is CC(C)(C)OC(=O)N1CCC12COCC(=O)C2. The molecule has 1 unspecified atom stereocenters. The smallest absolute Gasteiger partial charge is 0.410 e. The number of likely N-dealkylation sites (tertiary alicyclic amines) is 1. The van der Waals surface area contributed by atoms with Gasteiger partial charge in [-0.2, -0.15) is 0 Å². The number of hydrogen-bond donors (Lipinski definition) is 0. The zero-order valence-corrected chi connectivity index (χ0v) is 10.6. The van der Waals surface area contributed by atoms with E-state index in [0.29, 0.717) is 19.6 Å². The summed E-state index contributed by atoms with van der Waals surface area (Å²) < 4.78 is 10.6. The molecule has 0 aromatic rings. The molecule has 1 spiro atoms. The molecule has 2 rings (SSSR count). The third-order valence-electron chi connectivity index (χ3n) is 3.15. The fourth-order valence-electron chi connectivity index (χ4n) is 2.30. The van der Waals surface area contributed by atoms with E-state index in [1.54, 1.807) is 4.90 Å². The Labute approximate surface area is 101 Å². The summed E-state index contributed by atoms with van der Waals surface area (Å²) in [6.45, 7) is 6.76. The maximum absolute atomic E-state index is 12.0. The van der Waals surface area contributed by atoms with Gasteiger partial charge in [0.05, 0.1) is 12.1 Å². The molecular formula is C12H19NO4. The van der Waals surface area contributed by atoms with Crippen molar-refractivity contribution in [3.8, 4) is 0 Å². The lowest BCUT2D eigenvalue weighted by atomic mass is 9.80. The first kappa shape index (κ1) is 12.4. The number of hydrogen-bond acceptors (Lipinski definition) is 4. The second-order valence-corrected chi connectivity index (χ2v) is 5.81. The fraction of sp³-hybridized carbons (Fsp3) is 0.833. The van der Waals surface area contributed by atoms with Crippen LogP contribution in [0.3, 0.4) is 0 Å². The van der Waals surface area contributed by atoms with Gasteiger partial charge in [-0.25, -0.2) is 4.79 Å². The molecule has 0 aliphatic carbocycles. The Kier molecular flexibility index (Phi) is 2.89. The van der Waals surface area contributed by atoms with Gasteiger partial charge >= 0.3 is 6.09 Å². The van der Waals surface area contributed by atoms with Crippen molar-refractivity contribution in [2.75, 3.05) is 19.8 Å². The van der Waals surface area contributed by atoms with E-state index in [1.807, 2.05) is 20.8 Å². The molecule has 2 fully saturated rings. The van der Waals surface area contributed by atoms with E-state index in [0.717, 1.165) is 6.42 Å². The summed E-state index contributed by atoms with van der Waals surface area (Å²) in [6.07, 6.45) is 0.867. The van der Waals surface area contributed by atoms with Crippen molar-refractivity contribution in [3.05, 3.63) is 0 Å². The summed E-state index contributed by atoms with van der Waals surface area (Å²) in [5.74, 6) is 0.0597. The summed E-state index contributed by atoms with van der Waals surface area (Å²) in [7, 11) is 0. The molecule has 96 valence electrons. The van der Waals surface area contributed by atoms with Crippen LogP contribution in [0.2, 0.25) is 0 Å². The Morgan fingerprint density at radius 2 is 2.18 bits per heavy atom. The maximum Gasteiger partial charge on any atom is 0.410 e. The number of nitrogens with zero attached hydrogens (tertiary/aromatic N) is 1. The molecule has 0 saturated carbocycles. The van der Waals surface area contributed by atoms with Crippen LogP contribution >= 0.6 is 0 Å². The zero-order valence-electron chi connectivity index (χ0n) is 10.6. The van der Waals surface area contributed by atoms with Gasteiger partial charge in [-0.05, 0) is 27.2 Å². The molecule has 2 aliphatic heterocycles. The minimum atomic E-state index is -0.507. The first-order chi connectivity index (χ1) is 7.82. The first-order valence-corrected chi connectivity index (χ1v) is 5.93. The van der Waals surface area contributed by atoms with Crippen molar-refractivity contribution in [1.29, 1.82) is 0 Å². The predicted molar refractivity (Wildman–Crippen MR) is 60.7 cm³/mol. The van der Waals surface area contributed by atoms with Crippen LogP contribution in [0.4, 0.5) is 4.79 Å². The average Bonchev–Trinajstić information content (AvgIpc) is 2.12. The van der Waals surface area contributed by atoms with Crippen molar-refractivity contribution in [2.45, 2.75) is 44.8 Å². The molecule has 0 N–H and O–H groups in total. The molecule has 5 nitrogen and oxygen atoms in total. The summed E-state index contributed by atoms with van der Waals surface area (Å²) in [6, 6.07) is 0. The van der Waals surface area contributed by atoms with Crippen LogP contribution in [0.1, 0.15) is 33.6 Å². The number of Topliss-reactive ketones (excluding diaryl/α,β-unsaturated/α-hetero) is 1. The quantitative estimate of drug-likeness (QED) is 0.642. The number of ketones is 1. The van der Waals surface area contributed by atoms with Crippen LogP contribution in [-0.4, -0.2) is 47.7 Å². The minimum absolute atomic E-state index is 0.0597. The number of rotatable bonds is 0. The first-order valence-electron chi connectivity index (χ1n) is 5.93. The fourth-order valence-corrected chi connectivity index (χ4v) is 2.30. The van der Waals surface area contributed by atoms with Gasteiger partial charge in [0.2, 0.25) is 0 Å². The van der Waals surface area contributed by atoms with E-state index in [9.17, 15) is 9.59 Å². The minimum Gasteiger partial charge on any atom is -0.444 e. The van der Waals surface area contributed by atoms with Gasteiger partial charge in [0, 0.05) is 13.0 Å². The molecule has 5 heteroatoms. The van der Waals surface area contributed by atoms with Crippen molar-refractivity contribution >= 4 is 11.9 Å². The van der Waals surface area contributed by atoms with Crippen molar-refractivity contribution in [3.63, 3.8) is 0 Å². The summed E-state index contributed by atoms with van der Waals surface area (Å²) in [4.78, 5) is 25.0. The molecular weight excluding hydrogens is 222 g/mol. The summed E-state index contributed by atoms with van der Waals surface area (Å²) >= 11 is 0. The Morgan fingerprint density at radius 1 is 1.47 bits per heavy atom. The van der Waals surface area contributed by atoms with E-state index in [-0.39, 0.29) is 18.5 Å².